The maximum atomic E-state index is 11.5. The summed E-state index contributed by atoms with van der Waals surface area (Å²) >= 11 is 0. The van der Waals surface area contributed by atoms with E-state index in [-0.39, 0.29) is 5.91 Å². The lowest BCUT2D eigenvalue weighted by Gasteiger charge is -2.30. The number of fused-ring (bicyclic) bond motifs is 1. The summed E-state index contributed by atoms with van der Waals surface area (Å²) in [6.45, 7) is 1.79. The first-order chi connectivity index (χ1) is 6.65. The van der Waals surface area contributed by atoms with Crippen molar-refractivity contribution in [2.24, 2.45) is 0 Å². The number of amides is 1. The molecule has 1 aromatic heterocycles. The van der Waals surface area contributed by atoms with E-state index in [1.54, 1.807) is 19.2 Å². The number of hydrogen-bond acceptors (Lipinski definition) is 3. The number of anilines is 1. The molecule has 0 bridgehead atoms. The maximum Gasteiger partial charge on any atom is 0.257 e. The van der Waals surface area contributed by atoms with Crippen LogP contribution in [0.4, 0.5) is 5.82 Å². The Kier molecular flexibility index (Phi) is 2.00. The maximum absolute atomic E-state index is 11.5. The second-order valence-electron chi connectivity index (χ2n) is 3.53. The third-order valence-corrected chi connectivity index (χ3v) is 2.61. The number of nitrogens with one attached hydrogen (secondary N) is 1. The average molecular weight is 192 g/mol. The van der Waals surface area contributed by atoms with Crippen molar-refractivity contribution >= 4 is 11.7 Å². The first-order valence-electron chi connectivity index (χ1n) is 4.63. The Bertz CT molecular complexity index is 378. The second-order valence-corrected chi connectivity index (χ2v) is 3.53. The van der Waals surface area contributed by atoms with Crippen molar-refractivity contribution in [1.29, 1.82) is 0 Å². The molecule has 1 aliphatic rings. The van der Waals surface area contributed by atoms with E-state index in [2.05, 4.69) is 10.3 Å². The Labute approximate surface area is 82.0 Å². The number of carbonyl (C=O) groups excluding carboxylic acids is 1. The van der Waals surface area contributed by atoms with Gasteiger partial charge in [-0.2, -0.15) is 0 Å². The summed E-state index contributed by atoms with van der Waals surface area (Å²) in [7, 11) is 0. The summed E-state index contributed by atoms with van der Waals surface area (Å²) in [6.07, 6.45) is 2.38. The van der Waals surface area contributed by atoms with Gasteiger partial charge in [-0.15, -0.1) is 0 Å². The molecule has 0 aliphatic carbocycles. The van der Waals surface area contributed by atoms with Crippen LogP contribution in [-0.2, 0) is 11.2 Å². The van der Waals surface area contributed by atoms with Crippen LogP contribution in [0, 0.1) is 0 Å². The first-order valence-corrected chi connectivity index (χ1v) is 4.63. The smallest absolute Gasteiger partial charge is 0.257 e. The molecule has 0 radical (unpaired) electrons. The van der Waals surface area contributed by atoms with Crippen LogP contribution in [0.25, 0.3) is 0 Å². The Morgan fingerprint density at radius 3 is 3.21 bits per heavy atom. The van der Waals surface area contributed by atoms with Crippen LogP contribution in [0.15, 0.2) is 18.3 Å². The predicted octanol–water partition coefficient (Wildman–Crippen LogP) is 0.717. The SMILES string of the molecule is CCC1(O)Cc2cccnc2NC1=O. The Hall–Kier alpha value is -1.42. The van der Waals surface area contributed by atoms with E-state index < -0.39 is 5.60 Å². The third-order valence-electron chi connectivity index (χ3n) is 2.61. The lowest BCUT2D eigenvalue weighted by atomic mass is 9.88. The van der Waals surface area contributed by atoms with Crippen molar-refractivity contribution in [3.8, 4) is 0 Å². The molecule has 1 atom stereocenters. The number of aromatic nitrogens is 1. The highest BCUT2D eigenvalue weighted by Crippen LogP contribution is 2.27. The number of aliphatic hydroxyl groups is 1. The Balaban J connectivity index is 2.41. The Morgan fingerprint density at radius 1 is 1.71 bits per heavy atom. The normalized spacial score (nSPS) is 25.4. The zero-order valence-corrected chi connectivity index (χ0v) is 7.95. The number of nitrogens with zero attached hydrogens (tertiary/aromatic N) is 1. The molecule has 4 heteroatoms. The summed E-state index contributed by atoms with van der Waals surface area (Å²) in [5, 5.41) is 12.6. The van der Waals surface area contributed by atoms with Crippen LogP contribution < -0.4 is 5.32 Å². The van der Waals surface area contributed by atoms with Crippen LogP contribution in [0.1, 0.15) is 18.9 Å². The summed E-state index contributed by atoms with van der Waals surface area (Å²) < 4.78 is 0. The van der Waals surface area contributed by atoms with Crippen molar-refractivity contribution in [3.05, 3.63) is 23.9 Å². The van der Waals surface area contributed by atoms with Gasteiger partial charge in [0.05, 0.1) is 0 Å². The van der Waals surface area contributed by atoms with Gasteiger partial charge < -0.3 is 10.4 Å². The third kappa shape index (κ3) is 1.28. The van der Waals surface area contributed by atoms with E-state index in [1.807, 2.05) is 6.07 Å². The van der Waals surface area contributed by atoms with Gasteiger partial charge in [-0.1, -0.05) is 13.0 Å². The molecule has 0 saturated heterocycles. The van der Waals surface area contributed by atoms with Gasteiger partial charge in [-0.3, -0.25) is 4.79 Å². The highest BCUT2D eigenvalue weighted by Gasteiger charge is 2.38. The van der Waals surface area contributed by atoms with Crippen LogP contribution >= 0.6 is 0 Å². The minimum atomic E-state index is -1.27. The number of pyridine rings is 1. The standard InChI is InChI=1S/C10H12N2O2/c1-2-10(14)6-7-4-3-5-11-8(7)12-9(10)13/h3-5,14H,2,6H2,1H3,(H,11,12,13). The fourth-order valence-electron chi connectivity index (χ4n) is 1.60. The lowest BCUT2D eigenvalue weighted by molar-refractivity contribution is -0.135. The van der Waals surface area contributed by atoms with Gasteiger partial charge in [0.2, 0.25) is 0 Å². The molecule has 1 amide bonds. The fraction of sp³-hybridized carbons (Fsp3) is 0.400. The molecule has 14 heavy (non-hydrogen) atoms. The molecular weight excluding hydrogens is 180 g/mol. The lowest BCUT2D eigenvalue weighted by Crippen LogP contribution is -2.47. The minimum absolute atomic E-state index is 0.346. The zero-order valence-electron chi connectivity index (χ0n) is 7.95. The topological polar surface area (TPSA) is 62.2 Å². The molecule has 1 aromatic rings. The zero-order chi connectivity index (χ0) is 10.2. The quantitative estimate of drug-likeness (QED) is 0.689. The van der Waals surface area contributed by atoms with E-state index in [0.29, 0.717) is 18.7 Å². The van der Waals surface area contributed by atoms with Gasteiger partial charge in [0.25, 0.3) is 5.91 Å². The summed E-state index contributed by atoms with van der Waals surface area (Å²) in [4.78, 5) is 15.5. The summed E-state index contributed by atoms with van der Waals surface area (Å²) in [6, 6.07) is 3.66. The highest BCUT2D eigenvalue weighted by molar-refractivity contribution is 5.99. The number of rotatable bonds is 1. The van der Waals surface area contributed by atoms with Crippen molar-refractivity contribution in [2.45, 2.75) is 25.4 Å². The Morgan fingerprint density at radius 2 is 2.50 bits per heavy atom. The number of carbonyl (C=O) groups is 1. The first kappa shape index (κ1) is 9.15. The van der Waals surface area contributed by atoms with Gasteiger partial charge >= 0.3 is 0 Å². The van der Waals surface area contributed by atoms with Crippen molar-refractivity contribution in [3.63, 3.8) is 0 Å². The van der Waals surface area contributed by atoms with Gasteiger partial charge in [0.1, 0.15) is 11.4 Å². The number of hydrogen-bond donors (Lipinski definition) is 2. The van der Waals surface area contributed by atoms with Crippen molar-refractivity contribution < 1.29 is 9.90 Å². The average Bonchev–Trinajstić information content (AvgIpc) is 2.20. The fourth-order valence-corrected chi connectivity index (χ4v) is 1.60. The van der Waals surface area contributed by atoms with E-state index in [9.17, 15) is 9.90 Å². The second kappa shape index (κ2) is 3.06. The molecule has 0 fully saturated rings. The molecule has 4 nitrogen and oxygen atoms in total. The van der Waals surface area contributed by atoms with Gasteiger partial charge in [0.15, 0.2) is 0 Å². The van der Waals surface area contributed by atoms with Crippen molar-refractivity contribution in [2.75, 3.05) is 5.32 Å². The molecule has 2 heterocycles. The minimum Gasteiger partial charge on any atom is -0.380 e. The molecular formula is C10H12N2O2. The van der Waals surface area contributed by atoms with Crippen LogP contribution in [0.5, 0.6) is 0 Å². The molecule has 0 saturated carbocycles. The van der Waals surface area contributed by atoms with Gasteiger partial charge in [-0.25, -0.2) is 4.98 Å². The van der Waals surface area contributed by atoms with Crippen LogP contribution in [-0.4, -0.2) is 21.6 Å². The monoisotopic (exact) mass is 192 g/mol. The van der Waals surface area contributed by atoms with Crippen molar-refractivity contribution in [1.82, 2.24) is 4.98 Å². The largest absolute Gasteiger partial charge is 0.380 e. The van der Waals surface area contributed by atoms with Gasteiger partial charge in [0, 0.05) is 12.6 Å². The summed E-state index contributed by atoms with van der Waals surface area (Å²) in [5.41, 5.74) is -0.382. The van der Waals surface area contributed by atoms with Crippen LogP contribution in [0.3, 0.4) is 0 Å². The van der Waals surface area contributed by atoms with E-state index in [4.69, 9.17) is 0 Å². The molecule has 2 rings (SSSR count). The predicted molar refractivity (Wildman–Crippen MR) is 51.8 cm³/mol. The van der Waals surface area contributed by atoms with Crippen LogP contribution in [0.2, 0.25) is 0 Å². The van der Waals surface area contributed by atoms with E-state index in [1.165, 1.54) is 0 Å². The van der Waals surface area contributed by atoms with E-state index >= 15 is 0 Å². The molecule has 74 valence electrons. The highest BCUT2D eigenvalue weighted by atomic mass is 16.3. The molecule has 1 unspecified atom stereocenters. The molecule has 0 aromatic carbocycles. The molecule has 1 aliphatic heterocycles. The molecule has 0 spiro atoms. The van der Waals surface area contributed by atoms with Gasteiger partial charge in [-0.05, 0) is 18.1 Å². The molecule has 2 N–H and O–H groups in total. The van der Waals surface area contributed by atoms with E-state index in [0.717, 1.165) is 5.56 Å². The summed E-state index contributed by atoms with van der Waals surface area (Å²) in [5.74, 6) is 0.210.